The van der Waals surface area contributed by atoms with Gasteiger partial charge >= 0.3 is 0 Å². The lowest BCUT2D eigenvalue weighted by Gasteiger charge is -2.42. The molecule has 2 atom stereocenters. The van der Waals surface area contributed by atoms with Crippen molar-refractivity contribution in [2.24, 2.45) is 0 Å². The van der Waals surface area contributed by atoms with E-state index >= 15 is 0 Å². The molecule has 4 aromatic carbocycles. The Balaban J connectivity index is 1.51. The third kappa shape index (κ3) is 4.34. The van der Waals surface area contributed by atoms with Gasteiger partial charge in [-0.2, -0.15) is 0 Å². The van der Waals surface area contributed by atoms with Crippen molar-refractivity contribution in [2.75, 3.05) is 69.8 Å². The van der Waals surface area contributed by atoms with E-state index in [0.717, 1.165) is 70.4 Å². The highest BCUT2D eigenvalue weighted by Gasteiger charge is 2.43. The Kier molecular flexibility index (Phi) is 7.72. The predicted molar refractivity (Wildman–Crippen MR) is 191 cm³/mol. The molecule has 4 aromatic rings. The summed E-state index contributed by atoms with van der Waals surface area (Å²) in [5.41, 5.74) is 11.4. The lowest BCUT2D eigenvalue weighted by Crippen LogP contribution is -2.36. The smallest absolute Gasteiger partial charge is 0.169 e. The Morgan fingerprint density at radius 1 is 0.520 bits per heavy atom. The average Bonchev–Trinajstić information content (AvgIpc) is 3.13. The molecule has 10 nitrogen and oxygen atoms in total. The van der Waals surface area contributed by atoms with E-state index in [2.05, 4.69) is 36.0 Å². The fourth-order valence-electron chi connectivity index (χ4n) is 9.17. The van der Waals surface area contributed by atoms with Crippen LogP contribution in [0.15, 0.2) is 24.3 Å². The number of methoxy groups -OCH3 is 6. The minimum absolute atomic E-state index is 0.0413. The summed E-state index contributed by atoms with van der Waals surface area (Å²) in [7, 11) is 14.0. The fraction of sp³-hybridized carbons (Fsp3) is 0.400. The molecule has 0 spiro atoms. The largest absolute Gasteiger partial charge is 0.504 e. The molecule has 0 amide bonds. The summed E-state index contributed by atoms with van der Waals surface area (Å²) in [5.74, 6) is 3.20. The highest BCUT2D eigenvalue weighted by atomic mass is 16.5. The molecule has 8 rings (SSSR count). The fourth-order valence-corrected chi connectivity index (χ4v) is 9.17. The van der Waals surface area contributed by atoms with Crippen molar-refractivity contribution in [2.45, 2.75) is 37.8 Å². The summed E-state index contributed by atoms with van der Waals surface area (Å²) in [5, 5.41) is 24.1. The highest BCUT2D eigenvalue weighted by Crippen LogP contribution is 2.62. The molecule has 0 radical (unpaired) electrons. The van der Waals surface area contributed by atoms with Crippen LogP contribution in [0.3, 0.4) is 0 Å². The standard InChI is InChI=1S/C40H44N2O8/c1-41-11-9-19-13-29(47-5)39(49-7)35-31(19)25(41)15-23-21(17-27(45-3)37(43)33(23)35)22-18-28(46-4)38(44)34-24(22)16-26-32-20(10-12-42(26)2)14-30(48-6)40(50-8)36(32)34/h13-14,17-18,25-26,43-44H,9-12,15-16H2,1-8H3. The maximum Gasteiger partial charge on any atom is 0.169 e. The van der Waals surface area contributed by atoms with Crippen LogP contribution in [-0.4, -0.2) is 89.9 Å². The lowest BCUT2D eigenvalue weighted by atomic mass is 9.71. The molecule has 0 fully saturated rings. The minimum Gasteiger partial charge on any atom is -0.504 e. The number of ether oxygens (including phenoxy) is 6. The van der Waals surface area contributed by atoms with Crippen molar-refractivity contribution in [3.8, 4) is 79.4 Å². The number of aromatic hydroxyl groups is 2. The zero-order chi connectivity index (χ0) is 35.2. The Labute approximate surface area is 292 Å². The Bertz CT molecular complexity index is 1930. The molecular weight excluding hydrogens is 636 g/mol. The van der Waals surface area contributed by atoms with Crippen LogP contribution in [0, 0.1) is 0 Å². The van der Waals surface area contributed by atoms with Gasteiger partial charge < -0.3 is 38.6 Å². The molecule has 0 bridgehead atoms. The van der Waals surface area contributed by atoms with Gasteiger partial charge in [-0.3, -0.25) is 9.80 Å². The molecule has 2 aliphatic carbocycles. The van der Waals surface area contributed by atoms with Crippen LogP contribution in [0.2, 0.25) is 0 Å². The molecule has 50 heavy (non-hydrogen) atoms. The number of nitrogens with zero attached hydrogens (tertiary/aromatic N) is 2. The number of hydrogen-bond donors (Lipinski definition) is 2. The molecular formula is C40H44N2O8. The van der Waals surface area contributed by atoms with Crippen molar-refractivity contribution in [3.05, 3.63) is 57.6 Å². The van der Waals surface area contributed by atoms with Crippen LogP contribution >= 0.6 is 0 Å². The Hall–Kier alpha value is -4.80. The number of likely N-dealkylation sites (N-methyl/N-ethyl adjacent to an activating group) is 2. The van der Waals surface area contributed by atoms with Gasteiger partial charge in [-0.15, -0.1) is 0 Å². The Morgan fingerprint density at radius 2 is 0.900 bits per heavy atom. The van der Waals surface area contributed by atoms with Crippen LogP contribution in [-0.2, 0) is 25.7 Å². The summed E-state index contributed by atoms with van der Waals surface area (Å²) in [4.78, 5) is 4.76. The van der Waals surface area contributed by atoms with E-state index in [9.17, 15) is 10.2 Å². The second-order valence-electron chi connectivity index (χ2n) is 13.7. The van der Waals surface area contributed by atoms with Crippen LogP contribution in [0.1, 0.15) is 45.5 Å². The van der Waals surface area contributed by atoms with Gasteiger partial charge in [-0.25, -0.2) is 0 Å². The zero-order valence-corrected chi connectivity index (χ0v) is 29.9. The molecule has 2 N–H and O–H groups in total. The van der Waals surface area contributed by atoms with E-state index in [4.69, 9.17) is 28.4 Å². The van der Waals surface area contributed by atoms with Gasteiger partial charge in [-0.05, 0) is 109 Å². The van der Waals surface area contributed by atoms with Crippen molar-refractivity contribution < 1.29 is 38.6 Å². The van der Waals surface area contributed by atoms with Gasteiger partial charge in [0.1, 0.15) is 0 Å². The van der Waals surface area contributed by atoms with E-state index in [-0.39, 0.29) is 23.6 Å². The van der Waals surface area contributed by atoms with E-state index < -0.39 is 0 Å². The topological polar surface area (TPSA) is 102 Å². The summed E-state index contributed by atoms with van der Waals surface area (Å²) >= 11 is 0. The first-order valence-electron chi connectivity index (χ1n) is 17.0. The summed E-state index contributed by atoms with van der Waals surface area (Å²) in [6, 6.07) is 8.09. The molecule has 0 aromatic heterocycles. The van der Waals surface area contributed by atoms with Crippen LogP contribution in [0.5, 0.6) is 46.0 Å². The number of fused-ring (bicyclic) bond motifs is 4. The van der Waals surface area contributed by atoms with Crippen LogP contribution < -0.4 is 28.4 Å². The van der Waals surface area contributed by atoms with Gasteiger partial charge in [0, 0.05) is 47.4 Å². The highest BCUT2D eigenvalue weighted by molar-refractivity contribution is 5.97. The normalized spacial score (nSPS) is 18.7. The SMILES string of the molecule is COc1cc(-c2cc(OC)c(O)c3c2CC2c4c(cc(OC)c(OC)c4-3)CCN2C)c2c(c1O)-c1c(OC)c(OC)cc3c1C(C2)N(C)CC3. The van der Waals surface area contributed by atoms with E-state index in [1.165, 1.54) is 11.1 Å². The molecule has 0 saturated carbocycles. The van der Waals surface area contributed by atoms with E-state index in [0.29, 0.717) is 58.5 Å². The molecule has 262 valence electrons. The predicted octanol–water partition coefficient (Wildman–Crippen LogP) is 6.32. The second-order valence-corrected chi connectivity index (χ2v) is 13.7. The van der Waals surface area contributed by atoms with Crippen LogP contribution in [0.25, 0.3) is 33.4 Å². The van der Waals surface area contributed by atoms with Gasteiger partial charge in [0.25, 0.3) is 0 Å². The van der Waals surface area contributed by atoms with E-state index in [1.54, 1.807) is 42.7 Å². The molecule has 2 heterocycles. The maximum absolute atomic E-state index is 12.0. The van der Waals surface area contributed by atoms with Gasteiger partial charge in [0.15, 0.2) is 46.0 Å². The summed E-state index contributed by atoms with van der Waals surface area (Å²) < 4.78 is 35.7. The number of phenols is 2. The second kappa shape index (κ2) is 11.9. The van der Waals surface area contributed by atoms with Gasteiger partial charge in [0.2, 0.25) is 0 Å². The first-order chi connectivity index (χ1) is 24.2. The molecule has 10 heteroatoms. The maximum atomic E-state index is 12.0. The number of hydrogen-bond acceptors (Lipinski definition) is 10. The van der Waals surface area contributed by atoms with Gasteiger partial charge in [0.05, 0.1) is 42.7 Å². The minimum atomic E-state index is 0.0413. The van der Waals surface area contributed by atoms with Crippen molar-refractivity contribution >= 4 is 0 Å². The Morgan fingerprint density at radius 3 is 1.24 bits per heavy atom. The van der Waals surface area contributed by atoms with Crippen molar-refractivity contribution in [1.29, 1.82) is 0 Å². The third-order valence-electron chi connectivity index (χ3n) is 11.6. The van der Waals surface area contributed by atoms with Crippen LogP contribution in [0.4, 0.5) is 0 Å². The molecule has 0 saturated heterocycles. The zero-order valence-electron chi connectivity index (χ0n) is 29.9. The van der Waals surface area contributed by atoms with E-state index in [1.807, 2.05) is 12.1 Å². The lowest BCUT2D eigenvalue weighted by molar-refractivity contribution is 0.226. The van der Waals surface area contributed by atoms with Crippen molar-refractivity contribution in [1.82, 2.24) is 9.80 Å². The summed E-state index contributed by atoms with van der Waals surface area (Å²) in [6.07, 6.45) is 3.00. The number of benzene rings is 4. The number of rotatable bonds is 7. The number of phenolic OH excluding ortho intramolecular Hbond substituents is 2. The quantitative estimate of drug-likeness (QED) is 0.231. The average molecular weight is 681 g/mol. The third-order valence-corrected chi connectivity index (χ3v) is 11.6. The summed E-state index contributed by atoms with van der Waals surface area (Å²) in [6.45, 7) is 1.77. The molecule has 2 aliphatic heterocycles. The van der Waals surface area contributed by atoms with Crippen molar-refractivity contribution in [3.63, 3.8) is 0 Å². The van der Waals surface area contributed by atoms with Gasteiger partial charge in [-0.1, -0.05) is 0 Å². The monoisotopic (exact) mass is 680 g/mol. The molecule has 2 unspecified atom stereocenters. The first kappa shape index (κ1) is 32.4. The first-order valence-corrected chi connectivity index (χ1v) is 17.0. The molecule has 4 aliphatic rings.